The maximum atomic E-state index is 11.6. The van der Waals surface area contributed by atoms with Crippen LogP contribution in [-0.2, 0) is 13.0 Å². The lowest BCUT2D eigenvalue weighted by atomic mass is 10.2. The summed E-state index contributed by atoms with van der Waals surface area (Å²) in [5.74, 6) is 1.64. The predicted molar refractivity (Wildman–Crippen MR) is 80.3 cm³/mol. The Labute approximate surface area is 123 Å². The second kappa shape index (κ2) is 6.48. The fourth-order valence-corrected chi connectivity index (χ4v) is 2.02. The molecule has 0 aliphatic rings. The Balaban J connectivity index is 2.10. The van der Waals surface area contributed by atoms with E-state index in [0.717, 1.165) is 17.9 Å². The van der Waals surface area contributed by atoms with Crippen molar-refractivity contribution >= 4 is 23.2 Å². The van der Waals surface area contributed by atoms with Gasteiger partial charge in [-0.3, -0.25) is 4.79 Å². The van der Waals surface area contributed by atoms with Gasteiger partial charge in [-0.15, -0.1) is 0 Å². The summed E-state index contributed by atoms with van der Waals surface area (Å²) in [5.41, 5.74) is 1.27. The number of carbonyl (C=O) groups is 1. The summed E-state index contributed by atoms with van der Waals surface area (Å²) >= 11 is 6.12. The highest BCUT2D eigenvalue weighted by Crippen LogP contribution is 2.24. The van der Waals surface area contributed by atoms with Gasteiger partial charge in [-0.1, -0.05) is 18.5 Å². The third-order valence-corrected chi connectivity index (χ3v) is 3.30. The van der Waals surface area contributed by atoms with Gasteiger partial charge in [0.05, 0.1) is 17.3 Å². The zero-order valence-corrected chi connectivity index (χ0v) is 12.3. The molecule has 1 aromatic heterocycles. The summed E-state index contributed by atoms with van der Waals surface area (Å²) in [6, 6.07) is 9.01. The van der Waals surface area contributed by atoms with Crippen LogP contribution in [0.1, 0.15) is 28.8 Å². The number of benzene rings is 1. The quantitative estimate of drug-likeness (QED) is 0.887. The van der Waals surface area contributed by atoms with E-state index >= 15 is 0 Å². The van der Waals surface area contributed by atoms with Crippen molar-refractivity contribution in [2.24, 2.45) is 0 Å². The number of nitrogens with one attached hydrogen (secondary N) is 2. The van der Waals surface area contributed by atoms with Gasteiger partial charge in [0.15, 0.2) is 0 Å². The van der Waals surface area contributed by atoms with E-state index in [2.05, 4.69) is 10.6 Å². The van der Waals surface area contributed by atoms with E-state index in [1.165, 1.54) is 0 Å². The third-order valence-electron chi connectivity index (χ3n) is 2.97. The number of rotatable bonds is 5. The lowest BCUT2D eigenvalue weighted by Crippen LogP contribution is -2.17. The second-order valence-corrected chi connectivity index (χ2v) is 4.76. The molecule has 0 bridgehead atoms. The lowest BCUT2D eigenvalue weighted by molar-refractivity contribution is 0.0963. The van der Waals surface area contributed by atoms with Crippen LogP contribution in [0.2, 0.25) is 5.02 Å². The highest BCUT2D eigenvalue weighted by atomic mass is 35.5. The minimum atomic E-state index is -0.143. The largest absolute Gasteiger partial charge is 0.464 e. The fraction of sp³-hybridized carbons (Fsp3) is 0.267. The number of amides is 1. The Morgan fingerprint density at radius 3 is 2.65 bits per heavy atom. The van der Waals surface area contributed by atoms with Crippen molar-refractivity contribution in [1.82, 2.24) is 5.32 Å². The van der Waals surface area contributed by atoms with Crippen LogP contribution in [0.4, 0.5) is 5.69 Å². The van der Waals surface area contributed by atoms with Crippen molar-refractivity contribution < 1.29 is 9.21 Å². The molecule has 0 aliphatic carbocycles. The van der Waals surface area contributed by atoms with Crippen molar-refractivity contribution in [3.8, 4) is 0 Å². The van der Waals surface area contributed by atoms with Crippen molar-refractivity contribution in [3.63, 3.8) is 0 Å². The van der Waals surface area contributed by atoms with Crippen molar-refractivity contribution in [1.29, 1.82) is 0 Å². The summed E-state index contributed by atoms with van der Waals surface area (Å²) in [7, 11) is 1.60. The minimum absolute atomic E-state index is 0.143. The van der Waals surface area contributed by atoms with Gasteiger partial charge in [-0.05, 0) is 30.3 Å². The lowest BCUT2D eigenvalue weighted by Gasteiger charge is -2.09. The van der Waals surface area contributed by atoms with Crippen LogP contribution in [0, 0.1) is 0 Å². The first-order valence-electron chi connectivity index (χ1n) is 6.47. The number of hydrogen-bond acceptors (Lipinski definition) is 3. The standard InChI is InChI=1S/C15H17ClN2O2/c1-3-11-5-6-12(20-11)9-18-14-8-10(15(19)17-2)4-7-13(14)16/h4-8,18H,3,9H2,1-2H3,(H,17,19). The molecule has 0 unspecified atom stereocenters. The zero-order chi connectivity index (χ0) is 14.5. The van der Waals surface area contributed by atoms with Crippen LogP contribution in [0.3, 0.4) is 0 Å². The maximum Gasteiger partial charge on any atom is 0.251 e. The minimum Gasteiger partial charge on any atom is -0.464 e. The van der Waals surface area contributed by atoms with Gasteiger partial charge in [0, 0.05) is 19.0 Å². The number of halogens is 1. The Bertz CT molecular complexity index is 608. The molecule has 1 amide bonds. The number of anilines is 1. The monoisotopic (exact) mass is 292 g/mol. The molecule has 0 spiro atoms. The predicted octanol–water partition coefficient (Wildman–Crippen LogP) is 3.47. The zero-order valence-electron chi connectivity index (χ0n) is 11.5. The summed E-state index contributed by atoms with van der Waals surface area (Å²) in [4.78, 5) is 11.6. The Morgan fingerprint density at radius 1 is 1.25 bits per heavy atom. The topological polar surface area (TPSA) is 54.3 Å². The van der Waals surface area contributed by atoms with Gasteiger partial charge >= 0.3 is 0 Å². The molecule has 1 aromatic carbocycles. The van der Waals surface area contributed by atoms with E-state index in [4.69, 9.17) is 16.0 Å². The first kappa shape index (κ1) is 14.5. The fourth-order valence-electron chi connectivity index (χ4n) is 1.84. The number of carbonyl (C=O) groups excluding carboxylic acids is 1. The Kier molecular flexibility index (Phi) is 4.69. The smallest absolute Gasteiger partial charge is 0.251 e. The molecule has 0 radical (unpaired) electrons. The molecule has 0 saturated carbocycles. The van der Waals surface area contributed by atoms with E-state index in [-0.39, 0.29) is 5.91 Å². The Morgan fingerprint density at radius 2 is 2.00 bits per heavy atom. The normalized spacial score (nSPS) is 10.3. The molecule has 5 heteroatoms. The average molecular weight is 293 g/mol. The number of furan rings is 1. The molecule has 0 atom stereocenters. The molecule has 4 nitrogen and oxygen atoms in total. The van der Waals surface area contributed by atoms with E-state index < -0.39 is 0 Å². The van der Waals surface area contributed by atoms with Gasteiger partial charge in [0.2, 0.25) is 0 Å². The van der Waals surface area contributed by atoms with E-state index in [1.807, 2.05) is 19.1 Å². The summed E-state index contributed by atoms with van der Waals surface area (Å²) in [6.07, 6.45) is 0.868. The van der Waals surface area contributed by atoms with Gasteiger partial charge in [-0.25, -0.2) is 0 Å². The number of hydrogen-bond donors (Lipinski definition) is 2. The van der Waals surface area contributed by atoms with Crippen molar-refractivity contribution in [2.75, 3.05) is 12.4 Å². The van der Waals surface area contributed by atoms with Crippen LogP contribution in [0.25, 0.3) is 0 Å². The Hall–Kier alpha value is -1.94. The molecule has 0 saturated heterocycles. The summed E-state index contributed by atoms with van der Waals surface area (Å²) < 4.78 is 5.61. The average Bonchev–Trinajstić information content (AvgIpc) is 2.93. The second-order valence-electron chi connectivity index (χ2n) is 4.35. The first-order chi connectivity index (χ1) is 9.63. The van der Waals surface area contributed by atoms with Crippen LogP contribution < -0.4 is 10.6 Å². The van der Waals surface area contributed by atoms with Gasteiger partial charge in [0.25, 0.3) is 5.91 Å². The molecule has 2 N–H and O–H groups in total. The van der Waals surface area contributed by atoms with E-state index in [0.29, 0.717) is 22.8 Å². The van der Waals surface area contributed by atoms with E-state index in [9.17, 15) is 4.79 Å². The molecule has 20 heavy (non-hydrogen) atoms. The van der Waals surface area contributed by atoms with Gasteiger partial charge in [0.1, 0.15) is 11.5 Å². The van der Waals surface area contributed by atoms with Crippen molar-refractivity contribution in [3.05, 3.63) is 52.4 Å². The van der Waals surface area contributed by atoms with Crippen LogP contribution in [-0.4, -0.2) is 13.0 Å². The molecule has 2 rings (SSSR count). The van der Waals surface area contributed by atoms with Gasteiger partial charge in [-0.2, -0.15) is 0 Å². The first-order valence-corrected chi connectivity index (χ1v) is 6.85. The molecular formula is C15H17ClN2O2. The SMILES string of the molecule is CCc1ccc(CNc2cc(C(=O)NC)ccc2Cl)o1. The molecular weight excluding hydrogens is 276 g/mol. The van der Waals surface area contributed by atoms with Crippen molar-refractivity contribution in [2.45, 2.75) is 19.9 Å². The van der Waals surface area contributed by atoms with E-state index in [1.54, 1.807) is 25.2 Å². The summed E-state index contributed by atoms with van der Waals surface area (Å²) in [5, 5.41) is 6.33. The maximum absolute atomic E-state index is 11.6. The number of aryl methyl sites for hydroxylation is 1. The summed E-state index contributed by atoms with van der Waals surface area (Å²) in [6.45, 7) is 2.57. The van der Waals surface area contributed by atoms with Crippen LogP contribution in [0.15, 0.2) is 34.7 Å². The molecule has 2 aromatic rings. The highest BCUT2D eigenvalue weighted by Gasteiger charge is 2.08. The molecule has 0 fully saturated rings. The van der Waals surface area contributed by atoms with Crippen LogP contribution >= 0.6 is 11.6 Å². The van der Waals surface area contributed by atoms with Crippen LogP contribution in [0.5, 0.6) is 0 Å². The molecule has 106 valence electrons. The van der Waals surface area contributed by atoms with Gasteiger partial charge < -0.3 is 15.1 Å². The third kappa shape index (κ3) is 3.33. The highest BCUT2D eigenvalue weighted by molar-refractivity contribution is 6.33. The molecule has 1 heterocycles. The molecule has 0 aliphatic heterocycles.